The van der Waals surface area contributed by atoms with Crippen molar-refractivity contribution < 1.29 is 4.52 Å². The Kier molecular flexibility index (Phi) is 3.64. The average Bonchev–Trinajstić information content (AvgIpc) is 2.81. The third-order valence-corrected chi connectivity index (χ3v) is 2.28. The van der Waals surface area contributed by atoms with Crippen LogP contribution < -0.4 is 5.32 Å². The first-order valence-corrected chi connectivity index (χ1v) is 5.61. The van der Waals surface area contributed by atoms with E-state index in [9.17, 15) is 0 Å². The highest BCUT2D eigenvalue weighted by molar-refractivity contribution is 5.35. The molecule has 0 aliphatic rings. The van der Waals surface area contributed by atoms with E-state index in [1.165, 1.54) is 6.39 Å². The van der Waals surface area contributed by atoms with Crippen LogP contribution >= 0.6 is 0 Å². The molecule has 2 aromatic heterocycles. The first kappa shape index (κ1) is 11.5. The predicted molar refractivity (Wildman–Crippen MR) is 62.6 cm³/mol. The maximum Gasteiger partial charge on any atom is 0.213 e. The van der Waals surface area contributed by atoms with E-state index >= 15 is 0 Å². The molecule has 0 saturated carbocycles. The van der Waals surface area contributed by atoms with Crippen molar-refractivity contribution in [1.82, 2.24) is 20.1 Å². The van der Waals surface area contributed by atoms with Crippen LogP contribution in [0.2, 0.25) is 0 Å². The first-order valence-electron chi connectivity index (χ1n) is 5.61. The van der Waals surface area contributed by atoms with Crippen LogP contribution in [-0.4, -0.2) is 26.7 Å². The Morgan fingerprint density at radius 1 is 1.29 bits per heavy atom. The van der Waals surface area contributed by atoms with Gasteiger partial charge in [0.15, 0.2) is 5.82 Å². The molecule has 0 amide bonds. The van der Waals surface area contributed by atoms with Crippen LogP contribution in [0.4, 0.5) is 5.82 Å². The Morgan fingerprint density at radius 2 is 2.18 bits per heavy atom. The highest BCUT2D eigenvalue weighted by atomic mass is 16.5. The Morgan fingerprint density at radius 3 is 2.88 bits per heavy atom. The van der Waals surface area contributed by atoms with Gasteiger partial charge in [-0.3, -0.25) is 0 Å². The summed E-state index contributed by atoms with van der Waals surface area (Å²) < 4.78 is 4.66. The molecule has 0 radical (unpaired) electrons. The number of aryl methyl sites for hydroxylation is 2. The summed E-state index contributed by atoms with van der Waals surface area (Å²) in [5, 5.41) is 6.97. The van der Waals surface area contributed by atoms with Crippen LogP contribution in [0.3, 0.4) is 0 Å². The number of hydrogen-bond donors (Lipinski definition) is 1. The Balaban J connectivity index is 1.92. The molecule has 0 unspecified atom stereocenters. The van der Waals surface area contributed by atoms with Gasteiger partial charge in [0, 0.05) is 31.1 Å². The standard InChI is InChI=1S/C11H15N5O/c1-3-9-14-8(2)6-11(15-9)12-5-4-10-13-7-17-16-10/h6-7H,3-5H2,1-2H3,(H,12,14,15). The van der Waals surface area contributed by atoms with E-state index in [2.05, 4.69) is 29.9 Å². The fourth-order valence-electron chi connectivity index (χ4n) is 1.48. The zero-order chi connectivity index (χ0) is 12.1. The van der Waals surface area contributed by atoms with E-state index in [0.29, 0.717) is 12.2 Å². The number of aromatic nitrogens is 4. The third kappa shape index (κ3) is 3.24. The van der Waals surface area contributed by atoms with E-state index in [0.717, 1.165) is 30.3 Å². The van der Waals surface area contributed by atoms with Gasteiger partial charge in [0.05, 0.1) is 0 Å². The summed E-state index contributed by atoms with van der Waals surface area (Å²) in [6.45, 7) is 4.72. The van der Waals surface area contributed by atoms with Crippen LogP contribution in [0, 0.1) is 6.92 Å². The van der Waals surface area contributed by atoms with Crippen LogP contribution in [-0.2, 0) is 12.8 Å². The topological polar surface area (TPSA) is 76.7 Å². The second-order valence-electron chi connectivity index (χ2n) is 3.69. The normalized spacial score (nSPS) is 10.5. The molecule has 6 heteroatoms. The molecule has 0 atom stereocenters. The van der Waals surface area contributed by atoms with Crippen molar-refractivity contribution in [3.05, 3.63) is 29.8 Å². The molecular formula is C11H15N5O. The lowest BCUT2D eigenvalue weighted by molar-refractivity contribution is 0.410. The lowest BCUT2D eigenvalue weighted by Crippen LogP contribution is -2.09. The number of rotatable bonds is 5. The van der Waals surface area contributed by atoms with Gasteiger partial charge in [-0.15, -0.1) is 0 Å². The maximum absolute atomic E-state index is 4.66. The Bertz CT molecular complexity index is 469. The summed E-state index contributed by atoms with van der Waals surface area (Å²) in [4.78, 5) is 12.7. The molecule has 0 aliphatic heterocycles. The SMILES string of the molecule is CCc1nc(C)cc(NCCc2ncon2)n1. The number of nitrogens with one attached hydrogen (secondary N) is 1. The molecule has 17 heavy (non-hydrogen) atoms. The average molecular weight is 233 g/mol. The zero-order valence-corrected chi connectivity index (χ0v) is 9.97. The van der Waals surface area contributed by atoms with Gasteiger partial charge in [0.1, 0.15) is 11.6 Å². The molecule has 6 nitrogen and oxygen atoms in total. The van der Waals surface area contributed by atoms with Gasteiger partial charge in [-0.1, -0.05) is 12.1 Å². The van der Waals surface area contributed by atoms with E-state index in [-0.39, 0.29) is 0 Å². The Hall–Kier alpha value is -1.98. The van der Waals surface area contributed by atoms with Gasteiger partial charge in [0.25, 0.3) is 0 Å². The molecule has 2 aromatic rings. The number of anilines is 1. The molecule has 2 rings (SSSR count). The highest BCUT2D eigenvalue weighted by Crippen LogP contribution is 2.06. The molecular weight excluding hydrogens is 218 g/mol. The van der Waals surface area contributed by atoms with Gasteiger partial charge >= 0.3 is 0 Å². The number of nitrogens with zero attached hydrogens (tertiary/aromatic N) is 4. The molecule has 90 valence electrons. The summed E-state index contributed by atoms with van der Waals surface area (Å²) in [6, 6.07) is 1.93. The molecule has 0 spiro atoms. The minimum atomic E-state index is 0.694. The minimum Gasteiger partial charge on any atom is -0.370 e. The summed E-state index contributed by atoms with van der Waals surface area (Å²) >= 11 is 0. The molecule has 2 heterocycles. The lowest BCUT2D eigenvalue weighted by atomic mass is 10.3. The van der Waals surface area contributed by atoms with Crippen molar-refractivity contribution >= 4 is 5.82 Å². The highest BCUT2D eigenvalue weighted by Gasteiger charge is 2.01. The van der Waals surface area contributed by atoms with Gasteiger partial charge in [-0.2, -0.15) is 4.98 Å². The van der Waals surface area contributed by atoms with Crippen LogP contribution in [0.15, 0.2) is 17.0 Å². The van der Waals surface area contributed by atoms with Crippen LogP contribution in [0.1, 0.15) is 24.3 Å². The molecule has 0 bridgehead atoms. The van der Waals surface area contributed by atoms with E-state index < -0.39 is 0 Å². The fourth-order valence-corrected chi connectivity index (χ4v) is 1.48. The van der Waals surface area contributed by atoms with E-state index in [1.807, 2.05) is 19.9 Å². The molecule has 0 saturated heterocycles. The van der Waals surface area contributed by atoms with Crippen molar-refractivity contribution in [2.75, 3.05) is 11.9 Å². The number of hydrogen-bond acceptors (Lipinski definition) is 6. The van der Waals surface area contributed by atoms with Crippen molar-refractivity contribution in [3.8, 4) is 0 Å². The second kappa shape index (κ2) is 5.38. The smallest absolute Gasteiger partial charge is 0.213 e. The zero-order valence-electron chi connectivity index (χ0n) is 9.97. The van der Waals surface area contributed by atoms with Gasteiger partial charge in [-0.25, -0.2) is 9.97 Å². The maximum atomic E-state index is 4.66. The van der Waals surface area contributed by atoms with Crippen molar-refractivity contribution in [2.45, 2.75) is 26.7 Å². The predicted octanol–water partition coefficient (Wildman–Crippen LogP) is 1.39. The first-order chi connectivity index (χ1) is 8.28. The molecule has 0 aliphatic carbocycles. The van der Waals surface area contributed by atoms with Crippen molar-refractivity contribution in [2.24, 2.45) is 0 Å². The van der Waals surface area contributed by atoms with Crippen LogP contribution in [0.5, 0.6) is 0 Å². The second-order valence-corrected chi connectivity index (χ2v) is 3.69. The van der Waals surface area contributed by atoms with Gasteiger partial charge < -0.3 is 9.84 Å². The summed E-state index contributed by atoms with van der Waals surface area (Å²) in [6.07, 6.45) is 2.88. The summed E-state index contributed by atoms with van der Waals surface area (Å²) in [5.74, 6) is 2.39. The van der Waals surface area contributed by atoms with Crippen LogP contribution in [0.25, 0.3) is 0 Å². The largest absolute Gasteiger partial charge is 0.370 e. The van der Waals surface area contributed by atoms with Gasteiger partial charge in [-0.05, 0) is 6.92 Å². The quantitative estimate of drug-likeness (QED) is 0.840. The molecule has 1 N–H and O–H groups in total. The monoisotopic (exact) mass is 233 g/mol. The van der Waals surface area contributed by atoms with Gasteiger partial charge in [0.2, 0.25) is 6.39 Å². The van der Waals surface area contributed by atoms with Crippen molar-refractivity contribution in [3.63, 3.8) is 0 Å². The van der Waals surface area contributed by atoms with Crippen molar-refractivity contribution in [1.29, 1.82) is 0 Å². The van der Waals surface area contributed by atoms with E-state index in [4.69, 9.17) is 0 Å². The van der Waals surface area contributed by atoms with E-state index in [1.54, 1.807) is 0 Å². The third-order valence-electron chi connectivity index (χ3n) is 2.28. The summed E-state index contributed by atoms with van der Waals surface area (Å²) in [5.41, 5.74) is 0.971. The molecule has 0 fully saturated rings. The fraction of sp³-hybridized carbons (Fsp3) is 0.455. The molecule has 0 aromatic carbocycles. The lowest BCUT2D eigenvalue weighted by Gasteiger charge is -2.06. The Labute approximate surface area is 99.5 Å². The minimum absolute atomic E-state index is 0.694. The summed E-state index contributed by atoms with van der Waals surface area (Å²) in [7, 11) is 0.